The Hall–Kier alpha value is -4.35. The van der Waals surface area contributed by atoms with Crippen molar-refractivity contribution in [1.82, 2.24) is 9.47 Å². The maximum atomic E-state index is 14.3. The molecule has 5 heteroatoms. The molecule has 5 rings (SSSR count). The number of hydrogen-bond donors (Lipinski definition) is 0. The summed E-state index contributed by atoms with van der Waals surface area (Å²) in [6.07, 6.45) is 0.575. The van der Waals surface area contributed by atoms with Crippen molar-refractivity contribution in [3.8, 4) is 0 Å². The van der Waals surface area contributed by atoms with Crippen molar-refractivity contribution in [2.75, 3.05) is 14.1 Å². The minimum atomic E-state index is -0.988. The highest BCUT2D eigenvalue weighted by Gasteiger charge is 2.41. The summed E-state index contributed by atoms with van der Waals surface area (Å²) in [7, 11) is 3.73. The monoisotopic (exact) mass is 530 g/mol. The summed E-state index contributed by atoms with van der Waals surface area (Å²) >= 11 is 0. The lowest BCUT2D eigenvalue weighted by Gasteiger charge is -2.37. The first kappa shape index (κ1) is 27.2. The van der Waals surface area contributed by atoms with E-state index in [2.05, 4.69) is 11.5 Å². The number of aryl methyl sites for hydroxylation is 1. The molecule has 202 valence electrons. The molecule has 0 spiro atoms. The van der Waals surface area contributed by atoms with Crippen molar-refractivity contribution in [1.29, 1.82) is 0 Å². The van der Waals surface area contributed by atoms with Gasteiger partial charge in [0, 0.05) is 57.0 Å². The molecule has 5 aromatic rings. The van der Waals surface area contributed by atoms with Crippen LogP contribution < -0.4 is 0 Å². The third-order valence-electron chi connectivity index (χ3n) is 8.15. The van der Waals surface area contributed by atoms with Crippen LogP contribution >= 0.6 is 0 Å². The van der Waals surface area contributed by atoms with Crippen molar-refractivity contribution in [3.63, 3.8) is 0 Å². The summed E-state index contributed by atoms with van der Waals surface area (Å²) in [5, 5.41) is 1.85. The molecule has 1 unspecified atom stereocenters. The third-order valence-corrected chi connectivity index (χ3v) is 8.15. The first-order chi connectivity index (χ1) is 19.3. The summed E-state index contributed by atoms with van der Waals surface area (Å²) in [4.78, 5) is 42.7. The van der Waals surface area contributed by atoms with E-state index in [-0.39, 0.29) is 23.8 Å². The molecule has 0 aliphatic heterocycles. The van der Waals surface area contributed by atoms with Gasteiger partial charge in [-0.2, -0.15) is 0 Å². The standard InChI is InChI=1S/C35H34N2O3/c1-5-35(36(3)4,23-32(38)24-13-9-7-10-14-24)34(40)27-18-20-31-29(22-27)28-21-26(17-19-30(28)37(31)6-2)33(39)25-15-11-8-12-16-25/h7-22H,5-6,23H2,1-4H3. The molecule has 1 heterocycles. The maximum Gasteiger partial charge on any atom is 0.193 e. The SMILES string of the molecule is CCn1c2ccc(C(=O)c3ccccc3)cc2c2cc(C(=O)C(CC)(CC(=O)c3ccccc3)N(C)C)ccc21. The molecule has 0 bridgehead atoms. The van der Waals surface area contributed by atoms with Crippen LogP contribution in [0.15, 0.2) is 97.1 Å². The lowest BCUT2D eigenvalue weighted by molar-refractivity contribution is 0.0597. The number of hydrogen-bond acceptors (Lipinski definition) is 4. The molecule has 0 aliphatic carbocycles. The molecule has 4 aromatic carbocycles. The first-order valence-electron chi connectivity index (χ1n) is 13.8. The van der Waals surface area contributed by atoms with E-state index < -0.39 is 5.54 Å². The molecule has 0 saturated carbocycles. The van der Waals surface area contributed by atoms with Crippen LogP contribution in [-0.2, 0) is 6.54 Å². The van der Waals surface area contributed by atoms with E-state index in [4.69, 9.17) is 0 Å². The van der Waals surface area contributed by atoms with E-state index in [0.29, 0.717) is 28.7 Å². The summed E-state index contributed by atoms with van der Waals surface area (Å²) in [5.74, 6) is -0.179. The van der Waals surface area contributed by atoms with Gasteiger partial charge in [0.1, 0.15) is 0 Å². The predicted octanol–water partition coefficient (Wildman–Crippen LogP) is 7.21. The number of likely N-dealkylation sites (N-methyl/N-ethyl adjacent to an activating group) is 1. The van der Waals surface area contributed by atoms with Crippen LogP contribution in [0.3, 0.4) is 0 Å². The Balaban J connectivity index is 1.61. The van der Waals surface area contributed by atoms with E-state index in [9.17, 15) is 14.4 Å². The summed E-state index contributed by atoms with van der Waals surface area (Å²) in [6, 6.07) is 30.0. The molecular formula is C35H34N2O3. The average Bonchev–Trinajstić information content (AvgIpc) is 3.31. The Bertz CT molecular complexity index is 1720. The van der Waals surface area contributed by atoms with E-state index in [0.717, 1.165) is 28.4 Å². The zero-order chi connectivity index (χ0) is 28.4. The molecule has 0 saturated heterocycles. The van der Waals surface area contributed by atoms with Gasteiger partial charge >= 0.3 is 0 Å². The van der Waals surface area contributed by atoms with Crippen molar-refractivity contribution in [2.24, 2.45) is 0 Å². The van der Waals surface area contributed by atoms with Crippen LogP contribution in [0.5, 0.6) is 0 Å². The normalized spacial score (nSPS) is 13.0. The van der Waals surface area contributed by atoms with E-state index in [1.165, 1.54) is 0 Å². The predicted molar refractivity (Wildman–Crippen MR) is 161 cm³/mol. The second kappa shape index (κ2) is 11.0. The van der Waals surface area contributed by atoms with Crippen LogP contribution in [0.1, 0.15) is 63.3 Å². The number of rotatable bonds is 10. The number of Topliss-reactive ketones (excluding diaryl/α,β-unsaturated/α-hetero) is 2. The minimum Gasteiger partial charge on any atom is -0.341 e. The number of fused-ring (bicyclic) bond motifs is 3. The number of ketones is 3. The molecule has 1 atom stereocenters. The van der Waals surface area contributed by atoms with Gasteiger partial charge in [-0.25, -0.2) is 0 Å². The van der Waals surface area contributed by atoms with Crippen molar-refractivity contribution < 1.29 is 14.4 Å². The Morgan fingerprint density at radius 3 is 1.73 bits per heavy atom. The number of carbonyl (C=O) groups is 3. The minimum absolute atomic E-state index is 0.0378. The zero-order valence-electron chi connectivity index (χ0n) is 23.5. The number of carbonyl (C=O) groups excluding carboxylic acids is 3. The summed E-state index contributed by atoms with van der Waals surface area (Å²) in [5.41, 5.74) is 3.43. The Labute approximate surface area is 235 Å². The van der Waals surface area contributed by atoms with Gasteiger partial charge in [0.2, 0.25) is 0 Å². The van der Waals surface area contributed by atoms with E-state index >= 15 is 0 Å². The number of nitrogens with zero attached hydrogens (tertiary/aromatic N) is 2. The first-order valence-corrected chi connectivity index (χ1v) is 13.8. The van der Waals surface area contributed by atoms with Gasteiger partial charge in [-0.15, -0.1) is 0 Å². The molecule has 0 N–H and O–H groups in total. The van der Waals surface area contributed by atoms with Gasteiger partial charge < -0.3 is 4.57 Å². The average molecular weight is 531 g/mol. The van der Waals surface area contributed by atoms with Crippen LogP contribution in [0.4, 0.5) is 0 Å². The summed E-state index contributed by atoms with van der Waals surface area (Å²) < 4.78 is 2.20. The lowest BCUT2D eigenvalue weighted by Crippen LogP contribution is -2.52. The third kappa shape index (κ3) is 4.67. The van der Waals surface area contributed by atoms with Crippen LogP contribution in [0.25, 0.3) is 21.8 Å². The van der Waals surface area contributed by atoms with Crippen LogP contribution in [-0.4, -0.2) is 46.5 Å². The largest absolute Gasteiger partial charge is 0.341 e. The van der Waals surface area contributed by atoms with Crippen molar-refractivity contribution >= 4 is 39.2 Å². The summed E-state index contributed by atoms with van der Waals surface area (Å²) in [6.45, 7) is 4.80. The molecule has 1 aromatic heterocycles. The highest BCUT2D eigenvalue weighted by atomic mass is 16.1. The Morgan fingerprint density at radius 1 is 0.675 bits per heavy atom. The highest BCUT2D eigenvalue weighted by Crippen LogP contribution is 2.34. The van der Waals surface area contributed by atoms with Gasteiger partial charge in [-0.3, -0.25) is 19.3 Å². The second-order valence-corrected chi connectivity index (χ2v) is 10.5. The fourth-order valence-electron chi connectivity index (χ4n) is 5.79. The quantitative estimate of drug-likeness (QED) is 0.179. The Morgan fingerprint density at radius 2 is 1.20 bits per heavy atom. The van der Waals surface area contributed by atoms with Crippen LogP contribution in [0, 0.1) is 0 Å². The zero-order valence-corrected chi connectivity index (χ0v) is 23.5. The van der Waals surface area contributed by atoms with Gasteiger partial charge in [-0.1, -0.05) is 67.6 Å². The topological polar surface area (TPSA) is 59.4 Å². The highest BCUT2D eigenvalue weighted by molar-refractivity contribution is 6.16. The van der Waals surface area contributed by atoms with Gasteiger partial charge in [0.05, 0.1) is 5.54 Å². The van der Waals surface area contributed by atoms with Crippen LogP contribution in [0.2, 0.25) is 0 Å². The molecule has 0 fully saturated rings. The van der Waals surface area contributed by atoms with Gasteiger partial charge in [0.25, 0.3) is 0 Å². The fraction of sp³-hybridized carbons (Fsp3) is 0.229. The number of aromatic nitrogens is 1. The van der Waals surface area contributed by atoms with Gasteiger partial charge in [0.15, 0.2) is 17.3 Å². The van der Waals surface area contributed by atoms with Crippen molar-refractivity contribution in [2.45, 2.75) is 38.8 Å². The molecule has 5 nitrogen and oxygen atoms in total. The molecular weight excluding hydrogens is 496 g/mol. The van der Waals surface area contributed by atoms with Gasteiger partial charge in [-0.05, 0) is 63.8 Å². The second-order valence-electron chi connectivity index (χ2n) is 10.5. The lowest BCUT2D eigenvalue weighted by atomic mass is 9.80. The fourth-order valence-corrected chi connectivity index (χ4v) is 5.79. The molecule has 0 aliphatic rings. The maximum absolute atomic E-state index is 14.3. The smallest absolute Gasteiger partial charge is 0.193 e. The van der Waals surface area contributed by atoms with E-state index in [1.807, 2.05) is 111 Å². The Kier molecular flexibility index (Phi) is 7.51. The molecule has 0 amide bonds. The molecule has 40 heavy (non-hydrogen) atoms. The molecule has 0 radical (unpaired) electrons. The van der Waals surface area contributed by atoms with E-state index in [1.54, 1.807) is 12.1 Å². The number of benzene rings is 4. The van der Waals surface area contributed by atoms with Crippen molar-refractivity contribution in [3.05, 3.63) is 119 Å².